The van der Waals surface area contributed by atoms with Crippen molar-refractivity contribution in [1.29, 1.82) is 0 Å². The third kappa shape index (κ3) is 2.24. The SMILES string of the molecule is CC(C)(C)[C@H]1CC[C@H]2C[C@H](C(=O)[O-])C[C@@H]1C2=O. The van der Waals surface area contributed by atoms with Crippen LogP contribution in [-0.2, 0) is 9.59 Å². The fourth-order valence-corrected chi connectivity index (χ4v) is 3.71. The van der Waals surface area contributed by atoms with Gasteiger partial charge in [0, 0.05) is 17.8 Å². The minimum atomic E-state index is -0.970. The van der Waals surface area contributed by atoms with E-state index in [1.54, 1.807) is 0 Å². The molecule has 0 unspecified atom stereocenters. The van der Waals surface area contributed by atoms with Gasteiger partial charge in [0.2, 0.25) is 0 Å². The van der Waals surface area contributed by atoms with E-state index in [0.29, 0.717) is 24.5 Å². The van der Waals surface area contributed by atoms with Gasteiger partial charge in [0.05, 0.1) is 0 Å². The molecule has 96 valence electrons. The number of rotatable bonds is 1. The van der Waals surface area contributed by atoms with Crippen LogP contribution in [0.15, 0.2) is 0 Å². The number of hydrogen-bond donors (Lipinski definition) is 0. The van der Waals surface area contributed by atoms with Crippen LogP contribution in [0, 0.1) is 29.1 Å². The summed E-state index contributed by atoms with van der Waals surface area (Å²) in [6, 6.07) is 0. The number of fused-ring (bicyclic) bond motifs is 2. The summed E-state index contributed by atoms with van der Waals surface area (Å²) in [4.78, 5) is 23.2. The van der Waals surface area contributed by atoms with E-state index in [4.69, 9.17) is 0 Å². The molecule has 0 amide bonds. The maximum atomic E-state index is 12.2. The Bertz CT molecular complexity index is 340. The van der Waals surface area contributed by atoms with Crippen LogP contribution in [0.25, 0.3) is 0 Å². The molecule has 0 aromatic heterocycles. The maximum Gasteiger partial charge on any atom is 0.139 e. The molecule has 4 atom stereocenters. The van der Waals surface area contributed by atoms with Gasteiger partial charge in [0.25, 0.3) is 0 Å². The molecule has 17 heavy (non-hydrogen) atoms. The Morgan fingerprint density at radius 1 is 1.24 bits per heavy atom. The smallest absolute Gasteiger partial charge is 0.139 e. The second-order valence-electron chi connectivity index (χ2n) is 6.74. The van der Waals surface area contributed by atoms with Crippen molar-refractivity contribution in [2.45, 2.75) is 46.5 Å². The first-order chi connectivity index (χ1) is 7.80. The van der Waals surface area contributed by atoms with Gasteiger partial charge in [-0.2, -0.15) is 0 Å². The average Bonchev–Trinajstić information content (AvgIpc) is 2.14. The van der Waals surface area contributed by atoms with Crippen LogP contribution < -0.4 is 5.11 Å². The number of carbonyl (C=O) groups is 2. The number of Topliss-reactive ketones (excluding diaryl/α,β-unsaturated/α-hetero) is 1. The molecule has 2 rings (SSSR count). The van der Waals surface area contributed by atoms with Gasteiger partial charge >= 0.3 is 0 Å². The first-order valence-corrected chi connectivity index (χ1v) is 6.55. The van der Waals surface area contributed by atoms with Crippen molar-refractivity contribution in [3.8, 4) is 0 Å². The fourth-order valence-electron chi connectivity index (χ4n) is 3.71. The van der Waals surface area contributed by atoms with Gasteiger partial charge in [-0.25, -0.2) is 0 Å². The first kappa shape index (κ1) is 12.6. The molecule has 0 N–H and O–H groups in total. The highest BCUT2D eigenvalue weighted by atomic mass is 16.4. The van der Waals surface area contributed by atoms with Gasteiger partial charge in [-0.3, -0.25) is 4.79 Å². The van der Waals surface area contributed by atoms with Crippen molar-refractivity contribution in [2.75, 3.05) is 0 Å². The van der Waals surface area contributed by atoms with Crippen LogP contribution in [0.4, 0.5) is 0 Å². The van der Waals surface area contributed by atoms with E-state index in [1.807, 2.05) is 0 Å². The summed E-state index contributed by atoms with van der Waals surface area (Å²) in [6.07, 6.45) is 2.93. The number of aliphatic carboxylic acids is 1. The number of ketones is 1. The molecular weight excluding hydrogens is 216 g/mol. The highest BCUT2D eigenvalue weighted by Gasteiger charge is 2.47. The molecule has 0 saturated heterocycles. The average molecular weight is 237 g/mol. The molecule has 2 saturated carbocycles. The van der Waals surface area contributed by atoms with Gasteiger partial charge in [-0.15, -0.1) is 0 Å². The van der Waals surface area contributed by atoms with Crippen LogP contribution in [-0.4, -0.2) is 11.8 Å². The molecule has 2 bridgehead atoms. The molecule has 0 radical (unpaired) electrons. The summed E-state index contributed by atoms with van der Waals surface area (Å²) in [5.41, 5.74) is 0.0825. The zero-order chi connectivity index (χ0) is 12.8. The van der Waals surface area contributed by atoms with Crippen LogP contribution in [0.3, 0.4) is 0 Å². The van der Waals surface area contributed by atoms with Crippen molar-refractivity contribution in [3.05, 3.63) is 0 Å². The first-order valence-electron chi connectivity index (χ1n) is 6.55. The van der Waals surface area contributed by atoms with Crippen molar-refractivity contribution in [3.63, 3.8) is 0 Å². The molecule has 3 heteroatoms. The Balaban J connectivity index is 2.22. The van der Waals surface area contributed by atoms with Crippen LogP contribution >= 0.6 is 0 Å². The molecule has 2 aliphatic carbocycles. The molecule has 0 aromatic carbocycles. The summed E-state index contributed by atoms with van der Waals surface area (Å²) in [6.45, 7) is 6.44. The van der Waals surface area contributed by atoms with Gasteiger partial charge in [0.1, 0.15) is 5.78 Å². The second-order valence-corrected chi connectivity index (χ2v) is 6.74. The van der Waals surface area contributed by atoms with E-state index in [0.717, 1.165) is 12.8 Å². The van der Waals surface area contributed by atoms with E-state index in [2.05, 4.69) is 20.8 Å². The largest absolute Gasteiger partial charge is 0.550 e. The Morgan fingerprint density at radius 2 is 1.88 bits per heavy atom. The van der Waals surface area contributed by atoms with Gasteiger partial charge in [0.15, 0.2) is 0 Å². The lowest BCUT2D eigenvalue weighted by molar-refractivity contribution is -0.313. The van der Waals surface area contributed by atoms with Crippen LogP contribution in [0.2, 0.25) is 0 Å². The molecule has 2 aliphatic rings. The summed E-state index contributed by atoms with van der Waals surface area (Å²) in [7, 11) is 0. The molecule has 0 spiro atoms. The standard InChI is InChI=1S/C14H22O3/c1-14(2,3)11-5-4-8-6-9(13(16)17)7-10(11)12(8)15/h8-11H,4-7H2,1-3H3,(H,16,17)/p-1/t8-,9-,10-,11-/m0/s1. The maximum absolute atomic E-state index is 12.2. The molecule has 2 fully saturated rings. The Hall–Kier alpha value is -0.860. The van der Waals surface area contributed by atoms with Crippen molar-refractivity contribution in [2.24, 2.45) is 29.1 Å². The number of carbonyl (C=O) groups excluding carboxylic acids is 2. The van der Waals surface area contributed by atoms with Crippen LogP contribution in [0.5, 0.6) is 0 Å². The predicted molar refractivity (Wildman–Crippen MR) is 61.9 cm³/mol. The minimum Gasteiger partial charge on any atom is -0.550 e. The number of hydrogen-bond acceptors (Lipinski definition) is 3. The fraction of sp³-hybridized carbons (Fsp3) is 0.857. The lowest BCUT2D eigenvalue weighted by atomic mass is 9.57. The summed E-state index contributed by atoms with van der Waals surface area (Å²) in [5.74, 6) is -0.808. The van der Waals surface area contributed by atoms with Gasteiger partial charge in [-0.1, -0.05) is 20.8 Å². The monoisotopic (exact) mass is 237 g/mol. The molecular formula is C14H21O3-. The lowest BCUT2D eigenvalue weighted by Gasteiger charge is -2.47. The third-order valence-corrected chi connectivity index (χ3v) is 4.63. The zero-order valence-electron chi connectivity index (χ0n) is 10.9. The number of carboxylic acids is 1. The predicted octanol–water partition coefficient (Wildman–Crippen LogP) is 1.40. The quantitative estimate of drug-likeness (QED) is 0.692. The highest BCUT2D eigenvalue weighted by Crippen LogP contribution is 2.49. The topological polar surface area (TPSA) is 57.2 Å². The van der Waals surface area contributed by atoms with E-state index < -0.39 is 11.9 Å². The van der Waals surface area contributed by atoms with Gasteiger partial charge < -0.3 is 9.90 Å². The van der Waals surface area contributed by atoms with E-state index in [1.165, 1.54) is 0 Å². The Kier molecular flexibility index (Phi) is 3.04. The lowest BCUT2D eigenvalue weighted by Crippen LogP contribution is -2.49. The van der Waals surface area contributed by atoms with Gasteiger partial charge in [-0.05, 0) is 42.9 Å². The molecule has 3 nitrogen and oxygen atoms in total. The Morgan fingerprint density at radius 3 is 2.41 bits per heavy atom. The van der Waals surface area contributed by atoms with E-state index >= 15 is 0 Å². The molecule has 0 aromatic rings. The van der Waals surface area contributed by atoms with Crippen molar-refractivity contribution < 1.29 is 14.7 Å². The Labute approximate surface area is 103 Å². The summed E-state index contributed by atoms with van der Waals surface area (Å²) >= 11 is 0. The van der Waals surface area contributed by atoms with E-state index in [-0.39, 0.29) is 17.3 Å². The van der Waals surface area contributed by atoms with Crippen molar-refractivity contribution >= 4 is 11.8 Å². The number of carboxylic acid groups (broad SMARTS) is 1. The third-order valence-electron chi connectivity index (χ3n) is 4.63. The molecule has 0 heterocycles. The molecule has 0 aliphatic heterocycles. The normalized spacial score (nSPS) is 37.9. The summed E-state index contributed by atoms with van der Waals surface area (Å²) in [5, 5.41) is 11.0. The van der Waals surface area contributed by atoms with Crippen molar-refractivity contribution in [1.82, 2.24) is 0 Å². The van der Waals surface area contributed by atoms with Crippen LogP contribution in [0.1, 0.15) is 46.5 Å². The highest BCUT2D eigenvalue weighted by molar-refractivity contribution is 5.87. The summed E-state index contributed by atoms with van der Waals surface area (Å²) < 4.78 is 0. The zero-order valence-corrected chi connectivity index (χ0v) is 10.9. The minimum absolute atomic E-state index is 0.0183. The van der Waals surface area contributed by atoms with E-state index in [9.17, 15) is 14.7 Å². The second kappa shape index (κ2) is 4.11.